The van der Waals surface area contributed by atoms with Crippen LogP contribution in [0.3, 0.4) is 0 Å². The Kier molecular flexibility index (Phi) is 8.85. The standard InChI is InChI=1S/C17H24N4O7/c18-11(7-9-1-3-10(23)4-2-9)15(25)21-13(8-22)16(26)20-12(17(27)28)5-6-14(19)24/h1-4,11-13,22-23H,5-8,18H2,(H2,19,24)(H,20,26)(H,21,25)(H,27,28)/t11-,12-,13-/m0/s1. The summed E-state index contributed by atoms with van der Waals surface area (Å²) < 4.78 is 0. The molecule has 0 unspecified atom stereocenters. The van der Waals surface area contributed by atoms with Gasteiger partial charge in [-0.3, -0.25) is 14.4 Å². The number of hydrogen-bond donors (Lipinski definition) is 7. The number of phenolic OH excluding ortho intramolecular Hbond substituents is 1. The number of rotatable bonds is 11. The van der Waals surface area contributed by atoms with E-state index in [9.17, 15) is 29.4 Å². The molecule has 0 aliphatic rings. The van der Waals surface area contributed by atoms with E-state index < -0.39 is 48.4 Å². The van der Waals surface area contributed by atoms with E-state index in [0.717, 1.165) is 0 Å². The largest absolute Gasteiger partial charge is 0.508 e. The van der Waals surface area contributed by atoms with Gasteiger partial charge in [-0.15, -0.1) is 0 Å². The smallest absolute Gasteiger partial charge is 0.326 e. The molecule has 1 rings (SSSR count). The van der Waals surface area contributed by atoms with Crippen LogP contribution in [0.2, 0.25) is 0 Å². The van der Waals surface area contributed by atoms with Crippen molar-refractivity contribution in [3.63, 3.8) is 0 Å². The molecule has 0 aliphatic heterocycles. The Morgan fingerprint density at radius 1 is 1.00 bits per heavy atom. The molecule has 1 aromatic carbocycles. The number of carboxylic acid groups (broad SMARTS) is 1. The lowest BCUT2D eigenvalue weighted by atomic mass is 10.1. The third-order valence-corrected chi connectivity index (χ3v) is 3.84. The number of hydrogen-bond acceptors (Lipinski definition) is 7. The average molecular weight is 396 g/mol. The SMILES string of the molecule is NC(=O)CC[C@H](NC(=O)[C@H](CO)NC(=O)[C@@H](N)Cc1ccc(O)cc1)C(=O)O. The van der Waals surface area contributed by atoms with Gasteiger partial charge in [-0.05, 0) is 30.5 Å². The van der Waals surface area contributed by atoms with Crippen LogP contribution in [0.15, 0.2) is 24.3 Å². The second kappa shape index (κ2) is 10.8. The minimum Gasteiger partial charge on any atom is -0.508 e. The third kappa shape index (κ3) is 7.60. The van der Waals surface area contributed by atoms with Gasteiger partial charge in [-0.1, -0.05) is 12.1 Å². The molecule has 0 heterocycles. The van der Waals surface area contributed by atoms with Crippen LogP contribution in [-0.2, 0) is 25.6 Å². The second-order valence-electron chi connectivity index (χ2n) is 6.13. The first-order valence-electron chi connectivity index (χ1n) is 8.40. The minimum absolute atomic E-state index is 0.0584. The first-order chi connectivity index (χ1) is 13.1. The Morgan fingerprint density at radius 2 is 1.57 bits per heavy atom. The molecule has 11 heteroatoms. The summed E-state index contributed by atoms with van der Waals surface area (Å²) in [5.41, 5.74) is 11.4. The van der Waals surface area contributed by atoms with Crippen molar-refractivity contribution in [2.75, 3.05) is 6.61 Å². The zero-order valence-electron chi connectivity index (χ0n) is 15.0. The number of primary amides is 1. The highest BCUT2D eigenvalue weighted by atomic mass is 16.4. The number of aliphatic hydroxyl groups excluding tert-OH is 1. The molecule has 0 aliphatic carbocycles. The van der Waals surface area contributed by atoms with E-state index >= 15 is 0 Å². The van der Waals surface area contributed by atoms with E-state index in [-0.39, 0.29) is 25.0 Å². The molecule has 0 spiro atoms. The molecule has 1 aromatic rings. The fourth-order valence-electron chi connectivity index (χ4n) is 2.27. The topological polar surface area (TPSA) is 205 Å². The molecule has 9 N–H and O–H groups in total. The summed E-state index contributed by atoms with van der Waals surface area (Å²) in [7, 11) is 0. The van der Waals surface area contributed by atoms with E-state index in [1.54, 1.807) is 12.1 Å². The van der Waals surface area contributed by atoms with Crippen LogP contribution in [0.1, 0.15) is 18.4 Å². The van der Waals surface area contributed by atoms with Crippen LogP contribution >= 0.6 is 0 Å². The predicted molar refractivity (Wildman–Crippen MR) is 96.8 cm³/mol. The van der Waals surface area contributed by atoms with Crippen molar-refractivity contribution in [3.05, 3.63) is 29.8 Å². The van der Waals surface area contributed by atoms with Gasteiger partial charge in [0.15, 0.2) is 0 Å². The lowest BCUT2D eigenvalue weighted by Crippen LogP contribution is -2.56. The number of phenols is 1. The van der Waals surface area contributed by atoms with Crippen LogP contribution in [0.5, 0.6) is 5.75 Å². The zero-order valence-corrected chi connectivity index (χ0v) is 15.0. The molecule has 0 bridgehead atoms. The van der Waals surface area contributed by atoms with E-state index in [2.05, 4.69) is 10.6 Å². The van der Waals surface area contributed by atoms with Gasteiger partial charge in [-0.25, -0.2) is 4.79 Å². The van der Waals surface area contributed by atoms with Gasteiger partial charge in [0.2, 0.25) is 17.7 Å². The maximum Gasteiger partial charge on any atom is 0.326 e. The van der Waals surface area contributed by atoms with Gasteiger partial charge in [0.1, 0.15) is 17.8 Å². The summed E-state index contributed by atoms with van der Waals surface area (Å²) in [6.07, 6.45) is -0.379. The highest BCUT2D eigenvalue weighted by Crippen LogP contribution is 2.11. The number of amides is 3. The lowest BCUT2D eigenvalue weighted by Gasteiger charge is -2.21. The zero-order chi connectivity index (χ0) is 21.3. The Labute approximate surface area is 160 Å². The van der Waals surface area contributed by atoms with Crippen molar-refractivity contribution in [1.29, 1.82) is 0 Å². The van der Waals surface area contributed by atoms with E-state index in [4.69, 9.17) is 16.6 Å². The lowest BCUT2D eigenvalue weighted by molar-refractivity contribution is -0.142. The van der Waals surface area contributed by atoms with Gasteiger partial charge < -0.3 is 37.4 Å². The van der Waals surface area contributed by atoms with Gasteiger partial charge in [0, 0.05) is 6.42 Å². The quantitative estimate of drug-likeness (QED) is 0.214. The van der Waals surface area contributed by atoms with Crippen molar-refractivity contribution in [1.82, 2.24) is 10.6 Å². The normalized spacial score (nSPS) is 13.8. The molecular formula is C17H24N4O7. The van der Waals surface area contributed by atoms with Gasteiger partial charge >= 0.3 is 5.97 Å². The predicted octanol–water partition coefficient (Wildman–Crippen LogP) is -2.43. The summed E-state index contributed by atoms with van der Waals surface area (Å²) in [5.74, 6) is -3.73. The van der Waals surface area contributed by atoms with Crippen molar-refractivity contribution >= 4 is 23.7 Å². The van der Waals surface area contributed by atoms with Crippen molar-refractivity contribution in [2.24, 2.45) is 11.5 Å². The number of carboxylic acids is 1. The monoisotopic (exact) mass is 396 g/mol. The number of nitrogens with one attached hydrogen (secondary N) is 2. The van der Waals surface area contributed by atoms with E-state index in [1.165, 1.54) is 12.1 Å². The first-order valence-corrected chi connectivity index (χ1v) is 8.40. The van der Waals surface area contributed by atoms with Crippen molar-refractivity contribution in [2.45, 2.75) is 37.4 Å². The van der Waals surface area contributed by atoms with Crippen LogP contribution in [-0.4, -0.2) is 63.7 Å². The molecule has 28 heavy (non-hydrogen) atoms. The highest BCUT2D eigenvalue weighted by Gasteiger charge is 2.27. The first kappa shape index (κ1) is 22.9. The number of carbonyl (C=O) groups is 4. The number of nitrogens with two attached hydrogens (primary N) is 2. The van der Waals surface area contributed by atoms with Crippen LogP contribution in [0.25, 0.3) is 0 Å². The summed E-state index contributed by atoms with van der Waals surface area (Å²) in [6.45, 7) is -0.786. The molecule has 0 saturated heterocycles. The Hall–Kier alpha value is -3.18. The van der Waals surface area contributed by atoms with Gasteiger partial charge in [0.05, 0.1) is 12.6 Å². The summed E-state index contributed by atoms with van der Waals surface area (Å²) in [4.78, 5) is 46.3. The summed E-state index contributed by atoms with van der Waals surface area (Å²) >= 11 is 0. The van der Waals surface area contributed by atoms with Crippen molar-refractivity contribution in [3.8, 4) is 5.75 Å². The second-order valence-corrected chi connectivity index (χ2v) is 6.13. The third-order valence-electron chi connectivity index (χ3n) is 3.84. The fourth-order valence-corrected chi connectivity index (χ4v) is 2.27. The minimum atomic E-state index is -1.42. The highest BCUT2D eigenvalue weighted by molar-refractivity contribution is 5.92. The number of aliphatic hydroxyl groups is 1. The fraction of sp³-hybridized carbons (Fsp3) is 0.412. The van der Waals surface area contributed by atoms with Crippen LogP contribution in [0, 0.1) is 0 Å². The number of aromatic hydroxyl groups is 1. The molecule has 3 amide bonds. The molecule has 0 aromatic heterocycles. The van der Waals surface area contributed by atoms with E-state index in [1.807, 2.05) is 0 Å². The molecule has 3 atom stereocenters. The van der Waals surface area contributed by atoms with Gasteiger partial charge in [-0.2, -0.15) is 0 Å². The number of benzene rings is 1. The molecule has 0 radical (unpaired) electrons. The Balaban J connectivity index is 2.65. The number of carbonyl (C=O) groups excluding carboxylic acids is 3. The van der Waals surface area contributed by atoms with E-state index in [0.29, 0.717) is 5.56 Å². The summed E-state index contributed by atoms with van der Waals surface area (Å²) in [5, 5.41) is 32.1. The molecular weight excluding hydrogens is 372 g/mol. The maximum atomic E-state index is 12.2. The average Bonchev–Trinajstić information content (AvgIpc) is 2.63. The Morgan fingerprint density at radius 3 is 2.07 bits per heavy atom. The maximum absolute atomic E-state index is 12.2. The van der Waals surface area contributed by atoms with Crippen LogP contribution < -0.4 is 22.1 Å². The Bertz CT molecular complexity index is 708. The molecule has 154 valence electrons. The van der Waals surface area contributed by atoms with Gasteiger partial charge in [0.25, 0.3) is 0 Å². The molecule has 0 saturated carbocycles. The molecule has 11 nitrogen and oxygen atoms in total. The summed E-state index contributed by atoms with van der Waals surface area (Å²) in [6, 6.07) is 2.15. The van der Waals surface area contributed by atoms with Crippen LogP contribution in [0.4, 0.5) is 0 Å². The number of aliphatic carboxylic acids is 1. The van der Waals surface area contributed by atoms with Crippen molar-refractivity contribution < 1.29 is 34.5 Å². The molecule has 0 fully saturated rings.